The van der Waals surface area contributed by atoms with Crippen molar-refractivity contribution in [1.29, 1.82) is 0 Å². The summed E-state index contributed by atoms with van der Waals surface area (Å²) in [4.78, 5) is 8.65. The van der Waals surface area contributed by atoms with Gasteiger partial charge in [0.15, 0.2) is 0 Å². The fraction of sp³-hybridized carbons (Fsp3) is 0.455. The van der Waals surface area contributed by atoms with Crippen molar-refractivity contribution in [1.82, 2.24) is 14.5 Å². The monoisotopic (exact) mass is 204 g/mol. The molecule has 2 heterocycles. The molecule has 1 atom stereocenters. The highest BCUT2D eigenvalue weighted by Gasteiger charge is 2.24. The zero-order valence-electron chi connectivity index (χ0n) is 9.36. The molecule has 15 heavy (non-hydrogen) atoms. The van der Waals surface area contributed by atoms with E-state index in [1.54, 1.807) is 6.20 Å². The van der Waals surface area contributed by atoms with Gasteiger partial charge in [-0.25, -0.2) is 4.98 Å². The van der Waals surface area contributed by atoms with Crippen LogP contribution in [0.5, 0.6) is 0 Å². The van der Waals surface area contributed by atoms with Crippen LogP contribution >= 0.6 is 0 Å². The predicted octanol–water partition coefficient (Wildman–Crippen LogP) is 1.55. The standard InChI is InChI=1S/C11H16N4/c1-4-11(2,12)10-14-8-5-6-13-7-9(8)15(10)3/h5-7H,4,12H2,1-3H3. The van der Waals surface area contributed by atoms with E-state index in [9.17, 15) is 0 Å². The van der Waals surface area contributed by atoms with Crippen LogP contribution in [0.4, 0.5) is 0 Å². The zero-order chi connectivity index (χ0) is 11.1. The summed E-state index contributed by atoms with van der Waals surface area (Å²) in [6, 6.07) is 1.91. The third kappa shape index (κ3) is 1.51. The van der Waals surface area contributed by atoms with Crippen LogP contribution in [0.2, 0.25) is 0 Å². The van der Waals surface area contributed by atoms with Crippen LogP contribution in [0.25, 0.3) is 11.0 Å². The van der Waals surface area contributed by atoms with Crippen LogP contribution in [0.15, 0.2) is 18.5 Å². The number of aryl methyl sites for hydroxylation is 1. The number of aromatic nitrogens is 3. The van der Waals surface area contributed by atoms with Crippen molar-refractivity contribution in [2.75, 3.05) is 0 Å². The molecule has 2 N–H and O–H groups in total. The van der Waals surface area contributed by atoms with E-state index in [0.29, 0.717) is 0 Å². The third-order valence-corrected chi connectivity index (χ3v) is 2.93. The fourth-order valence-corrected chi connectivity index (χ4v) is 1.70. The van der Waals surface area contributed by atoms with Crippen molar-refractivity contribution in [3.05, 3.63) is 24.3 Å². The van der Waals surface area contributed by atoms with E-state index in [2.05, 4.69) is 16.9 Å². The Morgan fingerprint density at radius 3 is 2.87 bits per heavy atom. The van der Waals surface area contributed by atoms with E-state index in [1.807, 2.05) is 30.8 Å². The molecule has 80 valence electrons. The molecule has 0 aliphatic rings. The lowest BCUT2D eigenvalue weighted by molar-refractivity contribution is 0.434. The first-order valence-electron chi connectivity index (χ1n) is 5.12. The van der Waals surface area contributed by atoms with Crippen molar-refractivity contribution in [2.24, 2.45) is 12.8 Å². The highest BCUT2D eigenvalue weighted by atomic mass is 15.1. The first-order valence-corrected chi connectivity index (χ1v) is 5.12. The number of nitrogens with two attached hydrogens (primary N) is 1. The van der Waals surface area contributed by atoms with Gasteiger partial charge in [0.05, 0.1) is 22.8 Å². The second-order valence-corrected chi connectivity index (χ2v) is 4.13. The molecule has 4 nitrogen and oxygen atoms in total. The minimum Gasteiger partial charge on any atom is -0.328 e. The molecule has 0 spiro atoms. The molecule has 2 aromatic heterocycles. The minimum absolute atomic E-state index is 0.381. The summed E-state index contributed by atoms with van der Waals surface area (Å²) in [5, 5.41) is 0. The molecule has 2 aromatic rings. The van der Waals surface area contributed by atoms with Crippen molar-refractivity contribution < 1.29 is 0 Å². The Hall–Kier alpha value is -1.42. The quantitative estimate of drug-likeness (QED) is 0.807. The van der Waals surface area contributed by atoms with Crippen LogP contribution in [-0.2, 0) is 12.6 Å². The molecule has 0 aromatic carbocycles. The Bertz CT molecular complexity index is 484. The van der Waals surface area contributed by atoms with Gasteiger partial charge in [-0.05, 0) is 19.4 Å². The van der Waals surface area contributed by atoms with E-state index in [0.717, 1.165) is 23.3 Å². The summed E-state index contributed by atoms with van der Waals surface area (Å²) in [7, 11) is 1.98. The van der Waals surface area contributed by atoms with Crippen molar-refractivity contribution in [3.8, 4) is 0 Å². The number of nitrogens with zero attached hydrogens (tertiary/aromatic N) is 3. The smallest absolute Gasteiger partial charge is 0.129 e. The largest absolute Gasteiger partial charge is 0.328 e. The molecule has 0 bridgehead atoms. The van der Waals surface area contributed by atoms with Gasteiger partial charge in [-0.3, -0.25) is 4.98 Å². The molecule has 4 heteroatoms. The molecule has 1 unspecified atom stereocenters. The maximum atomic E-state index is 6.20. The van der Waals surface area contributed by atoms with Crippen LogP contribution in [0.3, 0.4) is 0 Å². The number of hydrogen-bond acceptors (Lipinski definition) is 3. The molecule has 0 fully saturated rings. The summed E-state index contributed by atoms with van der Waals surface area (Å²) in [5.74, 6) is 0.910. The lowest BCUT2D eigenvalue weighted by Gasteiger charge is -2.21. The molecule has 0 amide bonds. The van der Waals surface area contributed by atoms with Gasteiger partial charge >= 0.3 is 0 Å². The summed E-state index contributed by atoms with van der Waals surface area (Å²) in [6.07, 6.45) is 4.42. The molecule has 0 aliphatic heterocycles. The van der Waals surface area contributed by atoms with Crippen LogP contribution in [-0.4, -0.2) is 14.5 Å². The molecule has 0 saturated carbocycles. The molecule has 0 radical (unpaired) electrons. The van der Waals surface area contributed by atoms with Gasteiger partial charge in [0.1, 0.15) is 5.82 Å². The first kappa shape index (κ1) is 10.1. The number of hydrogen-bond donors (Lipinski definition) is 1. The Balaban J connectivity index is 2.68. The Kier molecular flexibility index (Phi) is 2.23. The molecule has 0 aliphatic carbocycles. The summed E-state index contributed by atoms with van der Waals surface area (Å²) in [5.41, 5.74) is 7.79. The topological polar surface area (TPSA) is 56.7 Å². The third-order valence-electron chi connectivity index (χ3n) is 2.93. The molecular weight excluding hydrogens is 188 g/mol. The van der Waals surface area contributed by atoms with Crippen molar-refractivity contribution >= 4 is 11.0 Å². The Morgan fingerprint density at radius 2 is 2.27 bits per heavy atom. The maximum absolute atomic E-state index is 6.20. The summed E-state index contributed by atoms with van der Waals surface area (Å²) >= 11 is 0. The molecule has 2 rings (SSSR count). The van der Waals surface area contributed by atoms with Gasteiger partial charge < -0.3 is 10.3 Å². The number of rotatable bonds is 2. The Morgan fingerprint density at radius 1 is 1.53 bits per heavy atom. The highest BCUT2D eigenvalue weighted by molar-refractivity contribution is 5.74. The second kappa shape index (κ2) is 3.31. The Labute approximate surface area is 89.1 Å². The minimum atomic E-state index is -0.381. The number of imidazole rings is 1. The lowest BCUT2D eigenvalue weighted by Crippen LogP contribution is -2.35. The van der Waals surface area contributed by atoms with E-state index in [4.69, 9.17) is 5.73 Å². The maximum Gasteiger partial charge on any atom is 0.129 e. The number of pyridine rings is 1. The van der Waals surface area contributed by atoms with Crippen LogP contribution in [0, 0.1) is 0 Å². The van der Waals surface area contributed by atoms with Gasteiger partial charge in [0.2, 0.25) is 0 Å². The number of fused-ring (bicyclic) bond motifs is 1. The van der Waals surface area contributed by atoms with Gasteiger partial charge in [0, 0.05) is 13.2 Å². The van der Waals surface area contributed by atoms with E-state index < -0.39 is 0 Å². The van der Waals surface area contributed by atoms with Gasteiger partial charge in [0.25, 0.3) is 0 Å². The summed E-state index contributed by atoms with van der Waals surface area (Å²) in [6.45, 7) is 4.07. The van der Waals surface area contributed by atoms with E-state index in [-0.39, 0.29) is 5.54 Å². The highest BCUT2D eigenvalue weighted by Crippen LogP contribution is 2.23. The zero-order valence-corrected chi connectivity index (χ0v) is 9.36. The van der Waals surface area contributed by atoms with E-state index in [1.165, 1.54) is 0 Å². The normalized spacial score (nSPS) is 15.5. The molecular formula is C11H16N4. The SMILES string of the molecule is CCC(C)(N)c1nc2ccncc2n1C. The van der Waals surface area contributed by atoms with Crippen molar-refractivity contribution in [3.63, 3.8) is 0 Å². The predicted molar refractivity (Wildman–Crippen MR) is 60.3 cm³/mol. The van der Waals surface area contributed by atoms with Gasteiger partial charge in [-0.15, -0.1) is 0 Å². The second-order valence-electron chi connectivity index (χ2n) is 4.13. The fourth-order valence-electron chi connectivity index (χ4n) is 1.70. The lowest BCUT2D eigenvalue weighted by atomic mass is 10.00. The van der Waals surface area contributed by atoms with Gasteiger partial charge in [-0.1, -0.05) is 6.92 Å². The average Bonchev–Trinajstić information content (AvgIpc) is 2.58. The van der Waals surface area contributed by atoms with Crippen LogP contribution in [0.1, 0.15) is 26.1 Å². The molecule has 0 saturated heterocycles. The van der Waals surface area contributed by atoms with E-state index >= 15 is 0 Å². The first-order chi connectivity index (χ1) is 7.06. The summed E-state index contributed by atoms with van der Waals surface area (Å²) < 4.78 is 2.02. The average molecular weight is 204 g/mol. The van der Waals surface area contributed by atoms with Crippen LogP contribution < -0.4 is 5.73 Å². The van der Waals surface area contributed by atoms with Gasteiger partial charge in [-0.2, -0.15) is 0 Å². The van der Waals surface area contributed by atoms with Crippen molar-refractivity contribution in [2.45, 2.75) is 25.8 Å².